The third-order valence-electron chi connectivity index (χ3n) is 2.31. The minimum Gasteiger partial charge on any atom is -0.257 e. The van der Waals surface area contributed by atoms with Crippen molar-refractivity contribution in [3.8, 4) is 11.3 Å². The summed E-state index contributed by atoms with van der Waals surface area (Å²) in [6.07, 6.45) is 1.66. The fraction of sp³-hybridized carbons (Fsp3) is 0.167. The maximum Gasteiger partial charge on any atom is 0.123 e. The molecule has 0 aliphatic carbocycles. The van der Waals surface area contributed by atoms with Crippen LogP contribution in [0.5, 0.6) is 0 Å². The molecule has 0 radical (unpaired) electrons. The molecule has 1 aromatic carbocycles. The predicted molar refractivity (Wildman–Crippen MR) is 56.9 cm³/mol. The van der Waals surface area contributed by atoms with Crippen molar-refractivity contribution >= 4 is 0 Å². The summed E-state index contributed by atoms with van der Waals surface area (Å²) < 4.78 is 13.0. The van der Waals surface area contributed by atoms with E-state index in [9.17, 15) is 4.39 Å². The van der Waals surface area contributed by atoms with Gasteiger partial charge in [0.1, 0.15) is 5.82 Å². The summed E-state index contributed by atoms with van der Waals surface area (Å²) in [6, 6.07) is 6.36. The highest BCUT2D eigenvalue weighted by atomic mass is 19.1. The van der Waals surface area contributed by atoms with Gasteiger partial charge in [0, 0.05) is 5.56 Å². The van der Waals surface area contributed by atoms with Crippen LogP contribution in [0.15, 0.2) is 30.5 Å². The van der Waals surface area contributed by atoms with E-state index in [2.05, 4.69) is 9.97 Å². The van der Waals surface area contributed by atoms with E-state index in [1.807, 2.05) is 19.9 Å². The van der Waals surface area contributed by atoms with E-state index in [1.165, 1.54) is 12.1 Å². The van der Waals surface area contributed by atoms with Gasteiger partial charge in [-0.1, -0.05) is 12.1 Å². The van der Waals surface area contributed by atoms with Crippen LogP contribution in [0.25, 0.3) is 11.3 Å². The number of halogens is 1. The van der Waals surface area contributed by atoms with Crippen molar-refractivity contribution in [2.45, 2.75) is 13.8 Å². The molecule has 0 unspecified atom stereocenters. The summed E-state index contributed by atoms with van der Waals surface area (Å²) in [6.45, 7) is 3.79. The van der Waals surface area contributed by atoms with Crippen molar-refractivity contribution in [1.29, 1.82) is 0 Å². The van der Waals surface area contributed by atoms with Crippen LogP contribution in [0, 0.1) is 19.7 Å². The Kier molecular flexibility index (Phi) is 2.46. The molecule has 0 fully saturated rings. The molecule has 0 aliphatic heterocycles. The normalized spacial score (nSPS) is 10.3. The van der Waals surface area contributed by atoms with Crippen LogP contribution >= 0.6 is 0 Å². The second-order valence-corrected chi connectivity index (χ2v) is 3.44. The number of nitrogens with zero attached hydrogens (tertiary/aromatic N) is 2. The van der Waals surface area contributed by atoms with Gasteiger partial charge in [0.25, 0.3) is 0 Å². The van der Waals surface area contributed by atoms with Crippen LogP contribution in [0.1, 0.15) is 11.4 Å². The van der Waals surface area contributed by atoms with Gasteiger partial charge in [-0.05, 0) is 26.0 Å². The first-order chi connectivity index (χ1) is 7.16. The molecule has 2 aromatic rings. The van der Waals surface area contributed by atoms with Gasteiger partial charge in [-0.15, -0.1) is 0 Å². The summed E-state index contributed by atoms with van der Waals surface area (Å²) in [4.78, 5) is 8.55. The van der Waals surface area contributed by atoms with Gasteiger partial charge in [0.05, 0.1) is 23.3 Å². The average Bonchev–Trinajstić information content (AvgIpc) is 2.22. The molecule has 1 heterocycles. The molecule has 2 nitrogen and oxygen atoms in total. The SMILES string of the molecule is Cc1ncc(-c2cccc(F)c2)nc1C. The van der Waals surface area contributed by atoms with Crippen LogP contribution in [0.3, 0.4) is 0 Å². The van der Waals surface area contributed by atoms with E-state index < -0.39 is 0 Å². The van der Waals surface area contributed by atoms with E-state index in [0.717, 1.165) is 17.0 Å². The summed E-state index contributed by atoms with van der Waals surface area (Å²) >= 11 is 0. The van der Waals surface area contributed by atoms with Crippen LogP contribution in [-0.2, 0) is 0 Å². The molecular formula is C12H11FN2. The second-order valence-electron chi connectivity index (χ2n) is 3.44. The minimum absolute atomic E-state index is 0.257. The summed E-state index contributed by atoms with van der Waals surface area (Å²) in [5.74, 6) is -0.257. The molecule has 15 heavy (non-hydrogen) atoms. The smallest absolute Gasteiger partial charge is 0.123 e. The molecule has 1 aromatic heterocycles. The van der Waals surface area contributed by atoms with Gasteiger partial charge in [-0.2, -0.15) is 0 Å². The third kappa shape index (κ3) is 2.01. The van der Waals surface area contributed by atoms with Crippen molar-refractivity contribution in [3.05, 3.63) is 47.7 Å². The highest BCUT2D eigenvalue weighted by molar-refractivity contribution is 5.58. The van der Waals surface area contributed by atoms with Crippen LogP contribution in [-0.4, -0.2) is 9.97 Å². The van der Waals surface area contributed by atoms with Gasteiger partial charge in [0.15, 0.2) is 0 Å². The molecule has 0 aliphatic rings. The van der Waals surface area contributed by atoms with Gasteiger partial charge in [-0.3, -0.25) is 4.98 Å². The van der Waals surface area contributed by atoms with E-state index in [-0.39, 0.29) is 5.82 Å². The molecule has 76 valence electrons. The number of benzene rings is 1. The number of hydrogen-bond donors (Lipinski definition) is 0. The summed E-state index contributed by atoms with van der Waals surface area (Å²) in [5, 5.41) is 0. The predicted octanol–water partition coefficient (Wildman–Crippen LogP) is 2.90. The Bertz CT molecular complexity index is 495. The quantitative estimate of drug-likeness (QED) is 0.710. The Morgan fingerprint density at radius 1 is 1.13 bits per heavy atom. The highest BCUT2D eigenvalue weighted by Gasteiger charge is 2.03. The van der Waals surface area contributed by atoms with E-state index in [4.69, 9.17) is 0 Å². The highest BCUT2D eigenvalue weighted by Crippen LogP contribution is 2.17. The number of aryl methyl sites for hydroxylation is 2. The van der Waals surface area contributed by atoms with Crippen LogP contribution in [0.4, 0.5) is 4.39 Å². The van der Waals surface area contributed by atoms with Gasteiger partial charge in [0.2, 0.25) is 0 Å². The minimum atomic E-state index is -0.257. The number of hydrogen-bond acceptors (Lipinski definition) is 2. The number of rotatable bonds is 1. The fourth-order valence-corrected chi connectivity index (χ4v) is 1.33. The van der Waals surface area contributed by atoms with Crippen molar-refractivity contribution in [3.63, 3.8) is 0 Å². The molecular weight excluding hydrogens is 191 g/mol. The number of aromatic nitrogens is 2. The zero-order chi connectivity index (χ0) is 10.8. The lowest BCUT2D eigenvalue weighted by atomic mass is 10.1. The Morgan fingerprint density at radius 2 is 1.93 bits per heavy atom. The van der Waals surface area contributed by atoms with Gasteiger partial charge >= 0.3 is 0 Å². The average molecular weight is 202 g/mol. The maximum atomic E-state index is 13.0. The lowest BCUT2D eigenvalue weighted by Gasteiger charge is -2.03. The van der Waals surface area contributed by atoms with Crippen molar-refractivity contribution in [1.82, 2.24) is 9.97 Å². The van der Waals surface area contributed by atoms with E-state index in [0.29, 0.717) is 5.69 Å². The zero-order valence-electron chi connectivity index (χ0n) is 8.66. The first kappa shape index (κ1) is 9.77. The molecule has 2 rings (SSSR count). The Balaban J connectivity index is 2.50. The van der Waals surface area contributed by atoms with Crippen molar-refractivity contribution < 1.29 is 4.39 Å². The molecule has 0 bridgehead atoms. The monoisotopic (exact) mass is 202 g/mol. The van der Waals surface area contributed by atoms with Crippen molar-refractivity contribution in [2.75, 3.05) is 0 Å². The first-order valence-corrected chi connectivity index (χ1v) is 4.73. The summed E-state index contributed by atoms with van der Waals surface area (Å²) in [7, 11) is 0. The molecule has 0 atom stereocenters. The molecule has 0 saturated carbocycles. The molecule has 0 N–H and O–H groups in total. The molecule has 3 heteroatoms. The van der Waals surface area contributed by atoms with Gasteiger partial charge in [-0.25, -0.2) is 9.37 Å². The third-order valence-corrected chi connectivity index (χ3v) is 2.31. The lowest BCUT2D eigenvalue weighted by molar-refractivity contribution is 0.628. The standard InChI is InChI=1S/C12H11FN2/c1-8-9(2)15-12(7-14-8)10-4-3-5-11(13)6-10/h3-7H,1-2H3. The maximum absolute atomic E-state index is 13.0. The molecule has 0 amide bonds. The fourth-order valence-electron chi connectivity index (χ4n) is 1.33. The Hall–Kier alpha value is -1.77. The van der Waals surface area contributed by atoms with E-state index >= 15 is 0 Å². The lowest BCUT2D eigenvalue weighted by Crippen LogP contribution is -1.94. The van der Waals surface area contributed by atoms with Crippen LogP contribution < -0.4 is 0 Å². The zero-order valence-corrected chi connectivity index (χ0v) is 8.66. The molecule has 0 saturated heterocycles. The Labute approximate surface area is 87.8 Å². The second kappa shape index (κ2) is 3.77. The summed E-state index contributed by atoms with van der Waals surface area (Å²) in [5.41, 5.74) is 3.23. The largest absolute Gasteiger partial charge is 0.257 e. The topological polar surface area (TPSA) is 25.8 Å². The van der Waals surface area contributed by atoms with Crippen molar-refractivity contribution in [2.24, 2.45) is 0 Å². The van der Waals surface area contributed by atoms with Gasteiger partial charge < -0.3 is 0 Å². The Morgan fingerprint density at radius 3 is 2.60 bits per heavy atom. The molecule has 0 spiro atoms. The van der Waals surface area contributed by atoms with Crippen LogP contribution in [0.2, 0.25) is 0 Å². The first-order valence-electron chi connectivity index (χ1n) is 4.73. The van der Waals surface area contributed by atoms with E-state index in [1.54, 1.807) is 12.3 Å².